The number of aliphatic hydroxyl groups is 1. The molecule has 1 atom stereocenters. The zero-order valence-corrected chi connectivity index (χ0v) is 10.2. The van der Waals surface area contributed by atoms with Crippen molar-refractivity contribution in [2.75, 3.05) is 6.54 Å². The number of aliphatic hydroxyl groups excluding tert-OH is 1. The lowest BCUT2D eigenvalue weighted by atomic mass is 10.1. The molecule has 2 aromatic rings. The first-order valence-corrected chi connectivity index (χ1v) is 5.94. The van der Waals surface area contributed by atoms with Gasteiger partial charge in [0.15, 0.2) is 0 Å². The number of carbonyl (C=O) groups excluding carboxylic acids is 1. The zero-order chi connectivity index (χ0) is 13.7. The minimum absolute atomic E-state index is 0.0252. The van der Waals surface area contributed by atoms with Crippen LogP contribution in [0.15, 0.2) is 54.6 Å². The van der Waals surface area contributed by atoms with Gasteiger partial charge in [-0.3, -0.25) is 4.79 Å². The van der Waals surface area contributed by atoms with Gasteiger partial charge in [-0.15, -0.1) is 0 Å². The van der Waals surface area contributed by atoms with E-state index in [1.165, 1.54) is 18.2 Å². The first-order valence-electron chi connectivity index (χ1n) is 5.94. The van der Waals surface area contributed by atoms with Gasteiger partial charge in [0.25, 0.3) is 5.91 Å². The number of benzene rings is 2. The predicted molar refractivity (Wildman–Crippen MR) is 70.1 cm³/mol. The Balaban J connectivity index is 1.96. The van der Waals surface area contributed by atoms with E-state index in [2.05, 4.69) is 5.32 Å². The van der Waals surface area contributed by atoms with Gasteiger partial charge in [0, 0.05) is 6.54 Å². The van der Waals surface area contributed by atoms with Gasteiger partial charge < -0.3 is 10.4 Å². The summed E-state index contributed by atoms with van der Waals surface area (Å²) in [6.07, 6.45) is -0.808. The van der Waals surface area contributed by atoms with Crippen LogP contribution in [-0.4, -0.2) is 17.6 Å². The molecule has 0 saturated heterocycles. The molecule has 0 saturated carbocycles. The van der Waals surface area contributed by atoms with Crippen molar-refractivity contribution >= 4 is 5.91 Å². The van der Waals surface area contributed by atoms with Crippen LogP contribution < -0.4 is 5.32 Å². The van der Waals surface area contributed by atoms with Crippen LogP contribution in [0, 0.1) is 5.82 Å². The first-order chi connectivity index (χ1) is 9.18. The van der Waals surface area contributed by atoms with E-state index in [1.54, 1.807) is 30.3 Å². The Labute approximate surface area is 110 Å². The maximum atomic E-state index is 13.4. The topological polar surface area (TPSA) is 49.3 Å². The molecule has 98 valence electrons. The summed E-state index contributed by atoms with van der Waals surface area (Å²) in [6, 6.07) is 14.7. The molecule has 2 N–H and O–H groups in total. The van der Waals surface area contributed by atoms with Gasteiger partial charge in [-0.05, 0) is 17.7 Å². The molecule has 4 heteroatoms. The lowest BCUT2D eigenvalue weighted by molar-refractivity contribution is 0.0912. The maximum absolute atomic E-state index is 13.4. The summed E-state index contributed by atoms with van der Waals surface area (Å²) >= 11 is 0. The fourth-order valence-electron chi connectivity index (χ4n) is 1.72. The third kappa shape index (κ3) is 3.39. The largest absolute Gasteiger partial charge is 0.387 e. The third-order valence-corrected chi connectivity index (χ3v) is 2.76. The van der Waals surface area contributed by atoms with Crippen molar-refractivity contribution in [3.05, 3.63) is 71.5 Å². The van der Waals surface area contributed by atoms with Gasteiger partial charge in [0.1, 0.15) is 5.82 Å². The summed E-state index contributed by atoms with van der Waals surface area (Å²) in [4.78, 5) is 11.7. The van der Waals surface area contributed by atoms with E-state index < -0.39 is 17.8 Å². The fraction of sp³-hybridized carbons (Fsp3) is 0.133. The molecule has 2 aromatic carbocycles. The molecule has 0 spiro atoms. The van der Waals surface area contributed by atoms with Crippen molar-refractivity contribution in [3.63, 3.8) is 0 Å². The van der Waals surface area contributed by atoms with Crippen LogP contribution in [0.5, 0.6) is 0 Å². The lowest BCUT2D eigenvalue weighted by Gasteiger charge is -2.12. The average molecular weight is 259 g/mol. The molecule has 0 bridgehead atoms. The molecule has 0 unspecified atom stereocenters. The molecule has 0 fully saturated rings. The number of nitrogens with one attached hydrogen (secondary N) is 1. The van der Waals surface area contributed by atoms with E-state index in [-0.39, 0.29) is 12.1 Å². The van der Waals surface area contributed by atoms with Gasteiger partial charge in [-0.1, -0.05) is 42.5 Å². The molecule has 1 amide bonds. The lowest BCUT2D eigenvalue weighted by Crippen LogP contribution is -2.29. The van der Waals surface area contributed by atoms with Gasteiger partial charge in [-0.2, -0.15) is 0 Å². The van der Waals surface area contributed by atoms with Crippen LogP contribution >= 0.6 is 0 Å². The summed E-state index contributed by atoms with van der Waals surface area (Å²) in [5.41, 5.74) is 0.680. The summed E-state index contributed by atoms with van der Waals surface area (Å²) < 4.78 is 13.4. The molecule has 0 aliphatic carbocycles. The summed E-state index contributed by atoms with van der Waals surface area (Å²) in [7, 11) is 0. The molecule has 3 nitrogen and oxygen atoms in total. The van der Waals surface area contributed by atoms with Crippen LogP contribution in [0.1, 0.15) is 22.0 Å². The van der Waals surface area contributed by atoms with E-state index in [0.717, 1.165) is 0 Å². The van der Waals surface area contributed by atoms with Crippen molar-refractivity contribution < 1.29 is 14.3 Å². The number of carbonyl (C=O) groups is 1. The molecular weight excluding hydrogens is 245 g/mol. The predicted octanol–water partition coefficient (Wildman–Crippen LogP) is 2.29. The molecule has 0 aromatic heterocycles. The fourth-order valence-corrected chi connectivity index (χ4v) is 1.72. The molecule has 19 heavy (non-hydrogen) atoms. The second-order valence-electron chi connectivity index (χ2n) is 4.12. The molecule has 0 aliphatic rings. The van der Waals surface area contributed by atoms with Crippen LogP contribution in [0.2, 0.25) is 0 Å². The Bertz CT molecular complexity index is 557. The average Bonchev–Trinajstić information content (AvgIpc) is 2.46. The highest BCUT2D eigenvalue weighted by molar-refractivity contribution is 5.94. The minimum Gasteiger partial charge on any atom is -0.387 e. The SMILES string of the molecule is O=C(NC[C@@H](O)c1ccccc1)c1ccccc1F. The van der Waals surface area contributed by atoms with Crippen molar-refractivity contribution in [2.24, 2.45) is 0 Å². The third-order valence-electron chi connectivity index (χ3n) is 2.76. The smallest absolute Gasteiger partial charge is 0.254 e. The zero-order valence-electron chi connectivity index (χ0n) is 10.2. The summed E-state index contributed by atoms with van der Waals surface area (Å²) in [5.74, 6) is -1.11. The Kier molecular flexibility index (Phi) is 4.26. The van der Waals surface area contributed by atoms with Crippen molar-refractivity contribution in [1.29, 1.82) is 0 Å². The first kappa shape index (κ1) is 13.2. The number of hydrogen-bond donors (Lipinski definition) is 2. The quantitative estimate of drug-likeness (QED) is 0.885. The van der Waals surface area contributed by atoms with E-state index >= 15 is 0 Å². The normalized spacial score (nSPS) is 11.9. The van der Waals surface area contributed by atoms with Gasteiger partial charge in [0.2, 0.25) is 0 Å². The molecule has 0 heterocycles. The number of halogens is 1. The highest BCUT2D eigenvalue weighted by atomic mass is 19.1. The Morgan fingerprint density at radius 3 is 2.42 bits per heavy atom. The van der Waals surface area contributed by atoms with E-state index in [9.17, 15) is 14.3 Å². The number of rotatable bonds is 4. The van der Waals surface area contributed by atoms with E-state index in [1.807, 2.05) is 6.07 Å². The molecule has 2 rings (SSSR count). The van der Waals surface area contributed by atoms with Gasteiger partial charge in [0.05, 0.1) is 11.7 Å². The Morgan fingerprint density at radius 1 is 1.11 bits per heavy atom. The van der Waals surface area contributed by atoms with Crippen molar-refractivity contribution in [2.45, 2.75) is 6.10 Å². The summed E-state index contributed by atoms with van der Waals surface area (Å²) in [5, 5.41) is 12.4. The number of hydrogen-bond acceptors (Lipinski definition) is 2. The second kappa shape index (κ2) is 6.11. The van der Waals surface area contributed by atoms with Crippen LogP contribution in [0.3, 0.4) is 0 Å². The molecule has 0 radical (unpaired) electrons. The highest BCUT2D eigenvalue weighted by Gasteiger charge is 2.13. The Hall–Kier alpha value is -2.20. The van der Waals surface area contributed by atoms with Crippen molar-refractivity contribution in [1.82, 2.24) is 5.32 Å². The van der Waals surface area contributed by atoms with Gasteiger partial charge in [-0.25, -0.2) is 4.39 Å². The standard InChI is InChI=1S/C15H14FNO2/c16-13-9-5-4-8-12(13)15(19)17-10-14(18)11-6-2-1-3-7-11/h1-9,14,18H,10H2,(H,17,19)/t14-/m1/s1. The monoisotopic (exact) mass is 259 g/mol. The minimum atomic E-state index is -0.808. The maximum Gasteiger partial charge on any atom is 0.254 e. The van der Waals surface area contributed by atoms with Crippen LogP contribution in [0.4, 0.5) is 4.39 Å². The van der Waals surface area contributed by atoms with Gasteiger partial charge >= 0.3 is 0 Å². The summed E-state index contributed by atoms with van der Waals surface area (Å²) in [6.45, 7) is 0.0389. The van der Waals surface area contributed by atoms with Crippen LogP contribution in [-0.2, 0) is 0 Å². The molecule has 0 aliphatic heterocycles. The second-order valence-corrected chi connectivity index (χ2v) is 4.12. The van der Waals surface area contributed by atoms with Crippen molar-refractivity contribution in [3.8, 4) is 0 Å². The Morgan fingerprint density at radius 2 is 1.74 bits per heavy atom. The van der Waals surface area contributed by atoms with E-state index in [4.69, 9.17) is 0 Å². The molecular formula is C15H14FNO2. The van der Waals surface area contributed by atoms with Crippen LogP contribution in [0.25, 0.3) is 0 Å². The number of amides is 1. The highest BCUT2D eigenvalue weighted by Crippen LogP contribution is 2.11. The van der Waals surface area contributed by atoms with E-state index in [0.29, 0.717) is 5.56 Å².